The summed E-state index contributed by atoms with van der Waals surface area (Å²) in [5.74, 6) is 0.768. The smallest absolute Gasteiger partial charge is 0.00431 e. The normalized spacial score (nSPS) is 17.0. The molecule has 2 rings (SSSR count). The zero-order valence-electron chi connectivity index (χ0n) is 10.8. The second-order valence-corrected chi connectivity index (χ2v) is 4.90. The van der Waals surface area contributed by atoms with Gasteiger partial charge in [-0.1, -0.05) is 31.2 Å². The maximum atomic E-state index is 3.82. The molecule has 92 valence electrons. The van der Waals surface area contributed by atoms with Crippen molar-refractivity contribution >= 4 is 0 Å². The lowest BCUT2D eigenvalue weighted by Gasteiger charge is -2.25. The molecule has 0 bridgehead atoms. The van der Waals surface area contributed by atoms with E-state index in [0.717, 1.165) is 18.8 Å². The molecule has 1 aliphatic rings. The summed E-state index contributed by atoms with van der Waals surface area (Å²) >= 11 is 0. The van der Waals surface area contributed by atoms with Crippen molar-refractivity contribution < 1.29 is 0 Å². The Balaban J connectivity index is 2.23. The molecule has 1 fully saturated rings. The van der Waals surface area contributed by atoms with E-state index in [4.69, 9.17) is 0 Å². The molecule has 1 heterocycles. The predicted octanol–water partition coefficient (Wildman–Crippen LogP) is 3.44. The van der Waals surface area contributed by atoms with Crippen LogP contribution in [0.4, 0.5) is 0 Å². The van der Waals surface area contributed by atoms with E-state index in [2.05, 4.69) is 37.0 Å². The van der Waals surface area contributed by atoms with Gasteiger partial charge in [0.2, 0.25) is 0 Å². The summed E-state index contributed by atoms with van der Waals surface area (Å²) in [6.45, 7) is 8.41. The van der Waals surface area contributed by atoms with Crippen molar-refractivity contribution in [3.8, 4) is 0 Å². The molecule has 1 saturated heterocycles. The highest BCUT2D eigenvalue weighted by molar-refractivity contribution is 5.35. The van der Waals surface area contributed by atoms with Crippen molar-refractivity contribution in [3.63, 3.8) is 0 Å². The number of nitrogens with one attached hydrogen (secondary N) is 1. The van der Waals surface area contributed by atoms with Gasteiger partial charge in [0, 0.05) is 0 Å². The zero-order chi connectivity index (χ0) is 12.1. The van der Waals surface area contributed by atoms with Crippen molar-refractivity contribution in [1.82, 2.24) is 5.32 Å². The fourth-order valence-electron chi connectivity index (χ4n) is 2.79. The van der Waals surface area contributed by atoms with E-state index in [1.54, 1.807) is 5.56 Å². The van der Waals surface area contributed by atoms with E-state index in [-0.39, 0.29) is 0 Å². The summed E-state index contributed by atoms with van der Waals surface area (Å²) in [6, 6.07) is 7.00. The number of piperidine rings is 1. The lowest BCUT2D eigenvalue weighted by Crippen LogP contribution is -2.27. The van der Waals surface area contributed by atoms with Crippen LogP contribution in [0.2, 0.25) is 0 Å². The molecule has 1 heteroatoms. The van der Waals surface area contributed by atoms with Crippen LogP contribution in [0, 0.1) is 0 Å². The Bertz CT molecular complexity index is 375. The average Bonchev–Trinajstić information content (AvgIpc) is 2.40. The van der Waals surface area contributed by atoms with Gasteiger partial charge in [-0.2, -0.15) is 0 Å². The van der Waals surface area contributed by atoms with Crippen LogP contribution in [0.25, 0.3) is 0 Å². The standard InChI is InChI=1S/C16H23N/c1-3-5-13-6-7-16(14(4-2)12-13)15-8-10-17-11-9-15/h3,6-7,12,15,17H,1,4-5,8-11H2,2H3. The highest BCUT2D eigenvalue weighted by Gasteiger charge is 2.17. The van der Waals surface area contributed by atoms with Gasteiger partial charge in [0.05, 0.1) is 0 Å². The second kappa shape index (κ2) is 6.02. The predicted molar refractivity (Wildman–Crippen MR) is 74.6 cm³/mol. The van der Waals surface area contributed by atoms with Crippen LogP contribution in [0.3, 0.4) is 0 Å². The Morgan fingerprint density at radius 2 is 2.12 bits per heavy atom. The first-order chi connectivity index (χ1) is 8.35. The van der Waals surface area contributed by atoms with Crippen LogP contribution < -0.4 is 5.32 Å². The second-order valence-electron chi connectivity index (χ2n) is 4.90. The Kier molecular flexibility index (Phi) is 4.38. The van der Waals surface area contributed by atoms with Crippen LogP contribution in [0.1, 0.15) is 42.4 Å². The Hall–Kier alpha value is -1.08. The molecule has 1 aromatic carbocycles. The van der Waals surface area contributed by atoms with E-state index in [9.17, 15) is 0 Å². The number of hydrogen-bond donors (Lipinski definition) is 1. The number of benzene rings is 1. The molecule has 0 aliphatic carbocycles. The van der Waals surface area contributed by atoms with E-state index in [1.165, 1.54) is 37.1 Å². The zero-order valence-corrected chi connectivity index (χ0v) is 10.8. The molecule has 0 spiro atoms. The highest BCUT2D eigenvalue weighted by atomic mass is 14.9. The van der Waals surface area contributed by atoms with E-state index < -0.39 is 0 Å². The molecule has 1 aliphatic heterocycles. The quantitative estimate of drug-likeness (QED) is 0.780. The first kappa shape index (κ1) is 12.4. The van der Waals surface area contributed by atoms with Gasteiger partial charge >= 0.3 is 0 Å². The summed E-state index contributed by atoms with van der Waals surface area (Å²) in [7, 11) is 0. The molecule has 0 aromatic heterocycles. The van der Waals surface area contributed by atoms with Gasteiger partial charge < -0.3 is 5.32 Å². The fraction of sp³-hybridized carbons (Fsp3) is 0.500. The van der Waals surface area contributed by atoms with Crippen molar-refractivity contribution in [2.45, 2.75) is 38.5 Å². The third kappa shape index (κ3) is 2.98. The summed E-state index contributed by atoms with van der Waals surface area (Å²) in [6.07, 6.45) is 6.68. The van der Waals surface area contributed by atoms with Gasteiger partial charge in [-0.05, 0) is 61.4 Å². The molecule has 1 N–H and O–H groups in total. The number of aryl methyl sites for hydroxylation is 1. The maximum absolute atomic E-state index is 3.82. The molecular weight excluding hydrogens is 206 g/mol. The fourth-order valence-corrected chi connectivity index (χ4v) is 2.79. The third-order valence-electron chi connectivity index (χ3n) is 3.75. The summed E-state index contributed by atoms with van der Waals surface area (Å²) in [4.78, 5) is 0. The van der Waals surface area contributed by atoms with Crippen molar-refractivity contribution in [3.05, 3.63) is 47.5 Å². The van der Waals surface area contributed by atoms with Gasteiger partial charge in [0.15, 0.2) is 0 Å². The van der Waals surface area contributed by atoms with Gasteiger partial charge in [0.25, 0.3) is 0 Å². The van der Waals surface area contributed by atoms with Gasteiger partial charge in [-0.3, -0.25) is 0 Å². The topological polar surface area (TPSA) is 12.0 Å². The third-order valence-corrected chi connectivity index (χ3v) is 3.75. The van der Waals surface area contributed by atoms with Crippen LogP contribution in [0.15, 0.2) is 30.9 Å². The molecule has 0 saturated carbocycles. The lowest BCUT2D eigenvalue weighted by atomic mass is 9.85. The molecule has 0 radical (unpaired) electrons. The average molecular weight is 229 g/mol. The summed E-state index contributed by atoms with van der Waals surface area (Å²) < 4.78 is 0. The largest absolute Gasteiger partial charge is 0.317 e. The maximum Gasteiger partial charge on any atom is -0.00431 e. The van der Waals surface area contributed by atoms with Crippen LogP contribution in [-0.2, 0) is 12.8 Å². The Morgan fingerprint density at radius 3 is 2.76 bits per heavy atom. The number of rotatable bonds is 4. The van der Waals surface area contributed by atoms with E-state index in [0.29, 0.717) is 0 Å². The van der Waals surface area contributed by atoms with Crippen LogP contribution in [-0.4, -0.2) is 13.1 Å². The molecule has 0 atom stereocenters. The molecular formula is C16H23N. The van der Waals surface area contributed by atoms with Gasteiger partial charge in [-0.25, -0.2) is 0 Å². The Morgan fingerprint density at radius 1 is 1.35 bits per heavy atom. The van der Waals surface area contributed by atoms with Crippen LogP contribution >= 0.6 is 0 Å². The molecule has 17 heavy (non-hydrogen) atoms. The summed E-state index contributed by atoms with van der Waals surface area (Å²) in [5.41, 5.74) is 4.52. The minimum absolute atomic E-state index is 0.768. The van der Waals surface area contributed by atoms with E-state index >= 15 is 0 Å². The SMILES string of the molecule is C=CCc1ccc(C2CCNCC2)c(CC)c1. The lowest BCUT2D eigenvalue weighted by molar-refractivity contribution is 0.458. The molecule has 0 amide bonds. The van der Waals surface area contributed by atoms with E-state index in [1.807, 2.05) is 6.08 Å². The molecule has 1 nitrogen and oxygen atoms in total. The number of allylic oxidation sites excluding steroid dienone is 1. The minimum atomic E-state index is 0.768. The van der Waals surface area contributed by atoms with Crippen molar-refractivity contribution in [2.24, 2.45) is 0 Å². The molecule has 1 aromatic rings. The van der Waals surface area contributed by atoms with Gasteiger partial charge in [-0.15, -0.1) is 6.58 Å². The molecule has 0 unspecified atom stereocenters. The van der Waals surface area contributed by atoms with Crippen molar-refractivity contribution in [2.75, 3.05) is 13.1 Å². The van der Waals surface area contributed by atoms with Crippen molar-refractivity contribution in [1.29, 1.82) is 0 Å². The highest BCUT2D eigenvalue weighted by Crippen LogP contribution is 2.29. The van der Waals surface area contributed by atoms with Gasteiger partial charge in [0.1, 0.15) is 0 Å². The first-order valence-corrected chi connectivity index (χ1v) is 6.78. The Labute approximate surface area is 105 Å². The van der Waals surface area contributed by atoms with Crippen LogP contribution in [0.5, 0.6) is 0 Å². The summed E-state index contributed by atoms with van der Waals surface area (Å²) in [5, 5.41) is 3.44. The minimum Gasteiger partial charge on any atom is -0.317 e. The monoisotopic (exact) mass is 229 g/mol. The first-order valence-electron chi connectivity index (χ1n) is 6.78. The number of hydrogen-bond acceptors (Lipinski definition) is 1.